The van der Waals surface area contributed by atoms with Crippen molar-refractivity contribution >= 4 is 11.6 Å². The molecule has 132 valence electrons. The minimum absolute atomic E-state index is 0.118. The third kappa shape index (κ3) is 2.81. The van der Waals surface area contributed by atoms with Crippen LogP contribution in [0.4, 0.5) is 5.69 Å². The monoisotopic (exact) mass is 345 g/mol. The molecule has 0 fully saturated rings. The van der Waals surface area contributed by atoms with E-state index in [-0.39, 0.29) is 5.91 Å². The van der Waals surface area contributed by atoms with Crippen molar-refractivity contribution in [2.45, 2.75) is 40.0 Å². The summed E-state index contributed by atoms with van der Waals surface area (Å²) in [4.78, 5) is 13.0. The minimum Gasteiger partial charge on any atom is -0.320 e. The van der Waals surface area contributed by atoms with Crippen LogP contribution in [0.2, 0.25) is 0 Å². The van der Waals surface area contributed by atoms with Crippen molar-refractivity contribution in [2.75, 3.05) is 5.32 Å². The van der Waals surface area contributed by atoms with Crippen LogP contribution in [0.15, 0.2) is 42.5 Å². The first kappa shape index (κ1) is 16.6. The van der Waals surface area contributed by atoms with Crippen LogP contribution in [0.5, 0.6) is 0 Å². The van der Waals surface area contributed by atoms with E-state index in [1.54, 1.807) is 0 Å². The fourth-order valence-electron chi connectivity index (χ4n) is 3.95. The van der Waals surface area contributed by atoms with Gasteiger partial charge in [0.2, 0.25) is 0 Å². The highest BCUT2D eigenvalue weighted by Crippen LogP contribution is 2.29. The van der Waals surface area contributed by atoms with Gasteiger partial charge in [0.15, 0.2) is 5.69 Å². The standard InChI is InChI=1S/C22H23N3O/c1-14-12-15(2)20(16(3)13-14)23-22(26)21-18-10-7-11-19(18)25(24-21)17-8-5-4-6-9-17/h4-6,8-9,12-13H,7,10-11H2,1-3H3,(H,23,26). The predicted octanol–water partition coefficient (Wildman–Crippen LogP) is 4.54. The second-order valence-corrected chi connectivity index (χ2v) is 7.10. The molecule has 3 aromatic rings. The quantitative estimate of drug-likeness (QED) is 0.757. The maximum atomic E-state index is 13.0. The first-order chi connectivity index (χ1) is 12.5. The van der Waals surface area contributed by atoms with Crippen LogP contribution < -0.4 is 5.32 Å². The lowest BCUT2D eigenvalue weighted by Crippen LogP contribution is -2.16. The number of nitrogens with zero attached hydrogens (tertiary/aromatic N) is 2. The van der Waals surface area contributed by atoms with Crippen molar-refractivity contribution in [3.63, 3.8) is 0 Å². The molecule has 4 nitrogen and oxygen atoms in total. The summed E-state index contributed by atoms with van der Waals surface area (Å²) in [5.41, 5.74) is 8.07. The van der Waals surface area contributed by atoms with E-state index in [2.05, 4.69) is 29.5 Å². The zero-order valence-electron chi connectivity index (χ0n) is 15.5. The predicted molar refractivity (Wildman–Crippen MR) is 104 cm³/mol. The molecule has 1 heterocycles. The summed E-state index contributed by atoms with van der Waals surface area (Å²) in [6.45, 7) is 6.13. The van der Waals surface area contributed by atoms with Gasteiger partial charge in [-0.05, 0) is 63.3 Å². The number of rotatable bonds is 3. The Kier molecular flexibility index (Phi) is 4.11. The number of carbonyl (C=O) groups excluding carboxylic acids is 1. The van der Waals surface area contributed by atoms with Gasteiger partial charge in [-0.1, -0.05) is 35.9 Å². The average Bonchev–Trinajstić information content (AvgIpc) is 3.21. The van der Waals surface area contributed by atoms with Gasteiger partial charge >= 0.3 is 0 Å². The summed E-state index contributed by atoms with van der Waals surface area (Å²) in [7, 11) is 0. The number of fused-ring (bicyclic) bond motifs is 1. The lowest BCUT2D eigenvalue weighted by Gasteiger charge is -2.12. The van der Waals surface area contributed by atoms with E-state index in [9.17, 15) is 4.79 Å². The lowest BCUT2D eigenvalue weighted by atomic mass is 10.0. The maximum Gasteiger partial charge on any atom is 0.276 e. The molecular formula is C22H23N3O. The van der Waals surface area contributed by atoms with Gasteiger partial charge in [0.1, 0.15) is 0 Å². The fraction of sp³-hybridized carbons (Fsp3) is 0.273. The molecule has 0 atom stereocenters. The molecule has 1 aliphatic carbocycles. The molecule has 1 amide bonds. The van der Waals surface area contributed by atoms with Gasteiger partial charge in [0.05, 0.1) is 5.69 Å². The molecule has 0 saturated carbocycles. The summed E-state index contributed by atoms with van der Waals surface area (Å²) in [6.07, 6.45) is 2.95. The first-order valence-corrected chi connectivity index (χ1v) is 9.10. The lowest BCUT2D eigenvalue weighted by molar-refractivity contribution is 0.102. The van der Waals surface area contributed by atoms with Crippen molar-refractivity contribution in [1.82, 2.24) is 9.78 Å². The Bertz CT molecular complexity index is 963. The molecule has 0 unspecified atom stereocenters. The Morgan fingerprint density at radius 2 is 1.73 bits per heavy atom. The number of para-hydroxylation sites is 1. The molecule has 0 spiro atoms. The number of benzene rings is 2. The van der Waals surface area contributed by atoms with Crippen LogP contribution in [0.25, 0.3) is 5.69 Å². The minimum atomic E-state index is -0.118. The van der Waals surface area contributed by atoms with Gasteiger partial charge in [0, 0.05) is 16.9 Å². The van der Waals surface area contributed by atoms with Crippen LogP contribution in [0, 0.1) is 20.8 Å². The largest absolute Gasteiger partial charge is 0.320 e. The highest BCUT2D eigenvalue weighted by Gasteiger charge is 2.27. The van der Waals surface area contributed by atoms with Crippen LogP contribution in [-0.2, 0) is 12.8 Å². The number of amides is 1. The average molecular weight is 345 g/mol. The molecule has 4 rings (SSSR count). The summed E-state index contributed by atoms with van der Waals surface area (Å²) in [5, 5.41) is 7.78. The summed E-state index contributed by atoms with van der Waals surface area (Å²) in [6, 6.07) is 14.2. The topological polar surface area (TPSA) is 46.9 Å². The van der Waals surface area contributed by atoms with Crippen molar-refractivity contribution in [3.8, 4) is 5.69 Å². The van der Waals surface area contributed by atoms with Gasteiger partial charge in [-0.25, -0.2) is 4.68 Å². The number of aryl methyl sites for hydroxylation is 3. The normalized spacial score (nSPS) is 12.9. The molecule has 26 heavy (non-hydrogen) atoms. The molecule has 0 saturated heterocycles. The molecule has 0 bridgehead atoms. The van der Waals surface area contributed by atoms with Crippen LogP contribution in [0.1, 0.15) is 44.9 Å². The third-order valence-corrected chi connectivity index (χ3v) is 5.06. The molecule has 4 heteroatoms. The van der Waals surface area contributed by atoms with Gasteiger partial charge in [-0.2, -0.15) is 5.10 Å². The number of hydrogen-bond donors (Lipinski definition) is 1. The van der Waals surface area contributed by atoms with Gasteiger partial charge < -0.3 is 5.32 Å². The van der Waals surface area contributed by atoms with E-state index >= 15 is 0 Å². The Morgan fingerprint density at radius 1 is 1.04 bits per heavy atom. The maximum absolute atomic E-state index is 13.0. The summed E-state index contributed by atoms with van der Waals surface area (Å²) in [5.74, 6) is -0.118. The van der Waals surface area contributed by atoms with Gasteiger partial charge in [0.25, 0.3) is 5.91 Å². The molecule has 1 aromatic heterocycles. The molecule has 0 radical (unpaired) electrons. The molecule has 2 aromatic carbocycles. The van der Waals surface area contributed by atoms with E-state index in [1.165, 1.54) is 11.3 Å². The Hall–Kier alpha value is -2.88. The van der Waals surface area contributed by atoms with E-state index in [1.807, 2.05) is 48.9 Å². The van der Waals surface area contributed by atoms with Crippen LogP contribution >= 0.6 is 0 Å². The number of anilines is 1. The highest BCUT2D eigenvalue weighted by atomic mass is 16.2. The number of hydrogen-bond acceptors (Lipinski definition) is 2. The third-order valence-electron chi connectivity index (χ3n) is 5.06. The zero-order valence-corrected chi connectivity index (χ0v) is 15.5. The van der Waals surface area contributed by atoms with E-state index in [4.69, 9.17) is 0 Å². The number of carbonyl (C=O) groups is 1. The zero-order chi connectivity index (χ0) is 18.3. The van der Waals surface area contributed by atoms with E-state index < -0.39 is 0 Å². The van der Waals surface area contributed by atoms with Crippen LogP contribution in [0.3, 0.4) is 0 Å². The Balaban J connectivity index is 1.72. The Morgan fingerprint density at radius 3 is 2.42 bits per heavy atom. The van der Waals surface area contributed by atoms with Crippen LogP contribution in [-0.4, -0.2) is 15.7 Å². The molecule has 1 N–H and O–H groups in total. The molecule has 0 aliphatic heterocycles. The second-order valence-electron chi connectivity index (χ2n) is 7.10. The first-order valence-electron chi connectivity index (χ1n) is 9.10. The van der Waals surface area contributed by atoms with Crippen molar-refractivity contribution in [1.29, 1.82) is 0 Å². The van der Waals surface area contributed by atoms with E-state index in [0.29, 0.717) is 5.69 Å². The van der Waals surface area contributed by atoms with E-state index in [0.717, 1.165) is 47.3 Å². The SMILES string of the molecule is Cc1cc(C)c(NC(=O)c2nn(-c3ccccc3)c3c2CCC3)c(C)c1. The summed E-state index contributed by atoms with van der Waals surface area (Å²) >= 11 is 0. The van der Waals surface area contributed by atoms with Gasteiger partial charge in [-0.15, -0.1) is 0 Å². The van der Waals surface area contributed by atoms with Crippen molar-refractivity contribution < 1.29 is 4.79 Å². The van der Waals surface area contributed by atoms with Crippen molar-refractivity contribution in [3.05, 3.63) is 76.1 Å². The number of nitrogens with one attached hydrogen (secondary N) is 1. The summed E-state index contributed by atoms with van der Waals surface area (Å²) < 4.78 is 1.94. The Labute approximate surface area is 153 Å². The molecular weight excluding hydrogens is 322 g/mol. The molecule has 1 aliphatic rings. The fourth-order valence-corrected chi connectivity index (χ4v) is 3.95. The highest BCUT2D eigenvalue weighted by molar-refractivity contribution is 6.05. The van der Waals surface area contributed by atoms with Gasteiger partial charge in [-0.3, -0.25) is 4.79 Å². The number of aromatic nitrogens is 2. The smallest absolute Gasteiger partial charge is 0.276 e. The van der Waals surface area contributed by atoms with Crippen molar-refractivity contribution in [2.24, 2.45) is 0 Å². The second kappa shape index (κ2) is 6.45.